The van der Waals surface area contributed by atoms with Gasteiger partial charge in [-0.05, 0) is 48.5 Å². The molecule has 1 saturated heterocycles. The molecule has 0 bridgehead atoms. The lowest BCUT2D eigenvalue weighted by molar-refractivity contribution is 0.256. The van der Waals surface area contributed by atoms with Gasteiger partial charge >= 0.3 is 6.03 Å². The van der Waals surface area contributed by atoms with Gasteiger partial charge in [0.15, 0.2) is 5.82 Å². The van der Waals surface area contributed by atoms with Crippen LogP contribution in [0.25, 0.3) is 10.9 Å². The minimum Gasteiger partial charge on any atom is -0.489 e. The Morgan fingerprint density at radius 3 is 2.58 bits per heavy atom. The molecule has 2 N–H and O–H groups in total. The fraction of sp³-hybridized carbons (Fsp3) is 0.115. The quantitative estimate of drug-likeness (QED) is 0.359. The minimum atomic E-state index is -0.940. The maximum atomic E-state index is 15.1. The van der Waals surface area contributed by atoms with Crippen molar-refractivity contribution >= 4 is 28.3 Å². The Bertz CT molecular complexity index is 1500. The Kier molecular flexibility index (Phi) is 6.06. The zero-order valence-electron chi connectivity index (χ0n) is 18.7. The van der Waals surface area contributed by atoms with Gasteiger partial charge in [-0.1, -0.05) is 0 Å². The predicted molar refractivity (Wildman–Crippen MR) is 126 cm³/mol. The zero-order valence-corrected chi connectivity index (χ0v) is 18.7. The Balaban J connectivity index is 1.45. The van der Waals surface area contributed by atoms with E-state index in [1.165, 1.54) is 30.5 Å². The van der Waals surface area contributed by atoms with Crippen molar-refractivity contribution < 1.29 is 27.8 Å². The lowest BCUT2D eigenvalue weighted by atomic mass is 10.1. The standard InChI is InChI=1S/C26H18F2N4O4/c27-16-1-3-17(4-2-16)32(26(30)33)23-6-5-18(10-21(23)28)36-24-7-8-31-22-11-25(35-14-19-13-34-19)15(12-29)9-20(22)24/h1-11,19H,13-14H2,(H2,30,33). The van der Waals surface area contributed by atoms with Crippen LogP contribution in [-0.4, -0.2) is 30.3 Å². The van der Waals surface area contributed by atoms with Crippen LogP contribution >= 0.6 is 0 Å². The summed E-state index contributed by atoms with van der Waals surface area (Å²) in [5.41, 5.74) is 6.34. The number of carbonyl (C=O) groups is 1. The van der Waals surface area contributed by atoms with Crippen LogP contribution in [0.1, 0.15) is 5.56 Å². The molecule has 1 aliphatic heterocycles. The second kappa shape index (κ2) is 9.48. The third-order valence-corrected chi connectivity index (χ3v) is 5.44. The number of urea groups is 1. The highest BCUT2D eigenvalue weighted by Crippen LogP contribution is 2.36. The van der Waals surface area contributed by atoms with Crippen molar-refractivity contribution in [2.45, 2.75) is 6.10 Å². The Hall–Kier alpha value is -4.75. The number of carbonyl (C=O) groups excluding carboxylic acids is 1. The number of benzene rings is 3. The average Bonchev–Trinajstić information content (AvgIpc) is 3.69. The van der Waals surface area contributed by atoms with Crippen molar-refractivity contribution in [3.63, 3.8) is 0 Å². The number of nitrogens with two attached hydrogens (primary N) is 1. The first kappa shape index (κ1) is 23.0. The van der Waals surface area contributed by atoms with Gasteiger partial charge in [-0.15, -0.1) is 0 Å². The highest BCUT2D eigenvalue weighted by molar-refractivity contribution is 5.98. The van der Waals surface area contributed by atoms with E-state index in [-0.39, 0.29) is 23.2 Å². The average molecular weight is 488 g/mol. The Morgan fingerprint density at radius 2 is 1.92 bits per heavy atom. The molecule has 8 nitrogen and oxygen atoms in total. The van der Waals surface area contributed by atoms with Gasteiger partial charge in [0.25, 0.3) is 0 Å². The van der Waals surface area contributed by atoms with E-state index in [0.717, 1.165) is 23.1 Å². The van der Waals surface area contributed by atoms with Crippen molar-refractivity contribution in [1.29, 1.82) is 5.26 Å². The first-order valence-electron chi connectivity index (χ1n) is 10.8. The van der Waals surface area contributed by atoms with E-state index in [9.17, 15) is 14.4 Å². The molecule has 1 fully saturated rings. The molecule has 36 heavy (non-hydrogen) atoms. The summed E-state index contributed by atoms with van der Waals surface area (Å²) < 4.78 is 45.1. The van der Waals surface area contributed by atoms with Gasteiger partial charge in [0.1, 0.15) is 41.8 Å². The number of aromatic nitrogens is 1. The third kappa shape index (κ3) is 4.73. The van der Waals surface area contributed by atoms with Crippen LogP contribution in [0.2, 0.25) is 0 Å². The molecule has 4 aromatic rings. The monoisotopic (exact) mass is 488 g/mol. The Labute approximate surface area is 204 Å². The van der Waals surface area contributed by atoms with Crippen LogP contribution in [0.5, 0.6) is 17.2 Å². The molecular formula is C26H18F2N4O4. The smallest absolute Gasteiger partial charge is 0.323 e. The molecule has 5 rings (SSSR count). The number of halogens is 2. The number of amides is 2. The molecule has 10 heteroatoms. The summed E-state index contributed by atoms with van der Waals surface area (Å²) in [5, 5.41) is 10.1. The van der Waals surface area contributed by atoms with Crippen LogP contribution in [0.3, 0.4) is 0 Å². The van der Waals surface area contributed by atoms with E-state index >= 15 is 4.39 Å². The molecule has 2 amide bonds. The topological polar surface area (TPSA) is 114 Å². The fourth-order valence-electron chi connectivity index (χ4n) is 3.63. The number of ether oxygens (including phenoxy) is 3. The number of epoxide rings is 1. The summed E-state index contributed by atoms with van der Waals surface area (Å²) in [7, 11) is 0. The second-order valence-corrected chi connectivity index (χ2v) is 7.92. The molecule has 1 aromatic heterocycles. The number of hydrogen-bond donors (Lipinski definition) is 1. The molecular weight excluding hydrogens is 470 g/mol. The zero-order chi connectivity index (χ0) is 25.2. The first-order chi connectivity index (χ1) is 17.4. The molecule has 1 unspecified atom stereocenters. The molecule has 1 atom stereocenters. The van der Waals surface area contributed by atoms with Gasteiger partial charge in [0.05, 0.1) is 29.1 Å². The largest absolute Gasteiger partial charge is 0.489 e. The minimum absolute atomic E-state index is 0.0290. The highest BCUT2D eigenvalue weighted by atomic mass is 19.1. The summed E-state index contributed by atoms with van der Waals surface area (Å²) in [4.78, 5) is 17.3. The molecule has 2 heterocycles. The first-order valence-corrected chi connectivity index (χ1v) is 10.8. The number of anilines is 2. The van der Waals surface area contributed by atoms with E-state index < -0.39 is 17.7 Å². The van der Waals surface area contributed by atoms with Crippen molar-refractivity contribution in [2.75, 3.05) is 18.1 Å². The van der Waals surface area contributed by atoms with E-state index in [1.54, 1.807) is 18.2 Å². The van der Waals surface area contributed by atoms with Crippen LogP contribution in [-0.2, 0) is 4.74 Å². The number of hydrogen-bond acceptors (Lipinski definition) is 6. The summed E-state index contributed by atoms with van der Waals surface area (Å²) >= 11 is 0. The van der Waals surface area contributed by atoms with Crippen LogP contribution in [0.15, 0.2) is 66.9 Å². The van der Waals surface area contributed by atoms with Gasteiger partial charge in [-0.25, -0.2) is 13.6 Å². The lowest BCUT2D eigenvalue weighted by Crippen LogP contribution is -2.32. The predicted octanol–water partition coefficient (Wildman–Crippen LogP) is 5.17. The van der Waals surface area contributed by atoms with Crippen molar-refractivity contribution in [3.8, 4) is 23.3 Å². The summed E-state index contributed by atoms with van der Waals surface area (Å²) in [5.74, 6) is -0.437. The SMILES string of the molecule is N#Cc1cc2c(Oc3ccc(N(C(N)=O)c4ccc(F)cc4)c(F)c3)ccnc2cc1OCC1CO1. The van der Waals surface area contributed by atoms with Crippen LogP contribution < -0.4 is 20.1 Å². The van der Waals surface area contributed by atoms with Crippen molar-refractivity contribution in [3.05, 3.63) is 84.1 Å². The summed E-state index contributed by atoms with van der Waals surface area (Å²) in [6.45, 7) is 0.963. The number of pyridine rings is 1. The molecule has 0 spiro atoms. The number of rotatable bonds is 7. The van der Waals surface area contributed by atoms with Gasteiger partial charge in [-0.2, -0.15) is 5.26 Å². The van der Waals surface area contributed by atoms with Crippen molar-refractivity contribution in [2.24, 2.45) is 5.73 Å². The maximum Gasteiger partial charge on any atom is 0.323 e. The molecule has 1 aliphatic rings. The molecule has 0 aliphatic carbocycles. The normalized spacial score (nSPS) is 14.2. The number of fused-ring (bicyclic) bond motifs is 1. The number of primary amides is 1. The van der Waals surface area contributed by atoms with E-state index in [1.807, 2.05) is 0 Å². The highest BCUT2D eigenvalue weighted by Gasteiger charge is 2.24. The maximum absolute atomic E-state index is 15.1. The van der Waals surface area contributed by atoms with Gasteiger partial charge in [0.2, 0.25) is 0 Å². The molecule has 180 valence electrons. The molecule has 0 saturated carbocycles. The molecule has 0 radical (unpaired) electrons. The molecule has 3 aromatic carbocycles. The number of nitriles is 1. The van der Waals surface area contributed by atoms with Crippen molar-refractivity contribution in [1.82, 2.24) is 4.98 Å². The lowest BCUT2D eigenvalue weighted by Gasteiger charge is -2.21. The Morgan fingerprint density at radius 1 is 1.14 bits per heavy atom. The van der Waals surface area contributed by atoms with Gasteiger partial charge < -0.3 is 19.9 Å². The number of nitrogens with zero attached hydrogens (tertiary/aromatic N) is 3. The summed E-state index contributed by atoms with van der Waals surface area (Å²) in [6, 6.07) is 14.8. The second-order valence-electron chi connectivity index (χ2n) is 7.92. The fourth-order valence-corrected chi connectivity index (χ4v) is 3.63. The van der Waals surface area contributed by atoms with Gasteiger partial charge in [0, 0.05) is 23.7 Å². The van der Waals surface area contributed by atoms with E-state index in [0.29, 0.717) is 41.2 Å². The van der Waals surface area contributed by atoms with E-state index in [2.05, 4.69) is 11.1 Å². The summed E-state index contributed by atoms with van der Waals surface area (Å²) in [6.07, 6.45) is 1.55. The van der Waals surface area contributed by atoms with Crippen LogP contribution in [0, 0.1) is 23.0 Å². The third-order valence-electron chi connectivity index (χ3n) is 5.44. The van der Waals surface area contributed by atoms with Gasteiger partial charge in [-0.3, -0.25) is 9.88 Å². The van der Waals surface area contributed by atoms with Crippen LogP contribution in [0.4, 0.5) is 25.0 Å². The van der Waals surface area contributed by atoms with E-state index in [4.69, 9.17) is 19.9 Å².